The van der Waals surface area contributed by atoms with Gasteiger partial charge in [0.2, 0.25) is 0 Å². The van der Waals surface area contributed by atoms with E-state index in [1.165, 1.54) is 0 Å². The second-order valence-corrected chi connectivity index (χ2v) is 5.46. The van der Waals surface area contributed by atoms with Gasteiger partial charge in [-0.15, -0.1) is 0 Å². The van der Waals surface area contributed by atoms with Gasteiger partial charge in [0.25, 0.3) is 0 Å². The molecule has 0 aliphatic carbocycles. The van der Waals surface area contributed by atoms with E-state index in [1.54, 1.807) is 7.11 Å². The molecule has 0 fully saturated rings. The third kappa shape index (κ3) is 2.81. The summed E-state index contributed by atoms with van der Waals surface area (Å²) in [5.41, 5.74) is 1.85. The molecule has 1 aromatic carbocycles. The lowest BCUT2D eigenvalue weighted by Crippen LogP contribution is -1.97. The van der Waals surface area contributed by atoms with Crippen molar-refractivity contribution in [1.29, 1.82) is 0 Å². The molecule has 6 heteroatoms. The molecular weight excluding hydrogens is 365 g/mol. The molecule has 18 heavy (non-hydrogen) atoms. The third-order valence-electron chi connectivity index (χ3n) is 2.40. The number of hydrogen-bond acceptors (Lipinski definition) is 4. The van der Waals surface area contributed by atoms with Crippen LogP contribution in [0.25, 0.3) is 0 Å². The maximum Gasteiger partial charge on any atom is 0.348 e. The van der Waals surface area contributed by atoms with Crippen molar-refractivity contribution < 1.29 is 14.6 Å². The minimum absolute atomic E-state index is 0.300. The zero-order valence-corrected chi connectivity index (χ0v) is 12.5. The Morgan fingerprint density at radius 2 is 2.33 bits per heavy atom. The molecule has 94 valence electrons. The average Bonchev–Trinajstić information content (AvgIpc) is 2.71. The number of carboxylic acid groups (broad SMARTS) is 1. The monoisotopic (exact) mass is 375 g/mol. The predicted molar refractivity (Wildman–Crippen MR) is 77.6 cm³/mol. The second-order valence-electron chi connectivity index (χ2n) is 3.61. The molecule has 0 saturated carbocycles. The van der Waals surface area contributed by atoms with E-state index in [0.717, 1.165) is 28.5 Å². The average molecular weight is 375 g/mol. The van der Waals surface area contributed by atoms with Crippen molar-refractivity contribution in [3.05, 3.63) is 44.0 Å². The summed E-state index contributed by atoms with van der Waals surface area (Å²) in [6.07, 6.45) is 0.610. The molecule has 0 spiro atoms. The highest BCUT2D eigenvalue weighted by molar-refractivity contribution is 14.1. The number of ether oxygens (including phenoxy) is 1. The molecule has 2 aromatic rings. The smallest absolute Gasteiger partial charge is 0.348 e. The molecule has 4 nitrogen and oxygen atoms in total. The maximum absolute atomic E-state index is 10.9. The van der Waals surface area contributed by atoms with Crippen LogP contribution in [0.5, 0.6) is 5.75 Å². The molecule has 0 aliphatic heterocycles. The van der Waals surface area contributed by atoms with Crippen molar-refractivity contribution >= 4 is 40.1 Å². The molecule has 1 heterocycles. The molecule has 1 aromatic heterocycles. The molecule has 0 saturated heterocycles. The van der Waals surface area contributed by atoms with Gasteiger partial charge in [-0.3, -0.25) is 0 Å². The second kappa shape index (κ2) is 5.66. The highest BCUT2D eigenvalue weighted by atomic mass is 127. The Hall–Kier alpha value is -1.15. The zero-order valence-electron chi connectivity index (χ0n) is 9.51. The lowest BCUT2D eigenvalue weighted by atomic mass is 10.1. The van der Waals surface area contributed by atoms with Crippen LogP contribution in [0.4, 0.5) is 0 Å². The number of hydrogen-bond donors (Lipinski definition) is 1. The van der Waals surface area contributed by atoms with Crippen LogP contribution in [0.3, 0.4) is 0 Å². The Labute approximate surface area is 122 Å². The molecule has 0 unspecified atom stereocenters. The molecule has 0 radical (unpaired) electrons. The van der Waals surface area contributed by atoms with E-state index in [9.17, 15) is 4.79 Å². The van der Waals surface area contributed by atoms with Crippen molar-refractivity contribution in [2.45, 2.75) is 6.42 Å². The number of halogens is 1. The van der Waals surface area contributed by atoms with Crippen LogP contribution in [0, 0.1) is 3.57 Å². The van der Waals surface area contributed by atoms with Crippen molar-refractivity contribution in [2.75, 3.05) is 7.11 Å². The zero-order chi connectivity index (χ0) is 13.1. The summed E-state index contributed by atoms with van der Waals surface area (Å²) in [5.74, 6) is -0.134. The van der Waals surface area contributed by atoms with Crippen molar-refractivity contribution in [3.8, 4) is 5.75 Å². The first-order valence-electron chi connectivity index (χ1n) is 5.12. The summed E-state index contributed by atoms with van der Waals surface area (Å²) in [6, 6.07) is 7.68. The first-order valence-corrected chi connectivity index (χ1v) is 6.97. The topological polar surface area (TPSA) is 59.4 Å². The van der Waals surface area contributed by atoms with Gasteiger partial charge in [0.1, 0.15) is 10.6 Å². The van der Waals surface area contributed by atoms with Gasteiger partial charge in [-0.05, 0) is 51.8 Å². The number of nitrogens with zero attached hydrogens (tertiary/aromatic N) is 1. The Morgan fingerprint density at radius 1 is 1.56 bits per heavy atom. The van der Waals surface area contributed by atoms with Crippen LogP contribution in [0.15, 0.2) is 24.3 Å². The molecule has 0 bridgehead atoms. The molecular formula is C12H10INO3S. The first-order chi connectivity index (χ1) is 8.61. The van der Waals surface area contributed by atoms with Crippen molar-refractivity contribution in [2.24, 2.45) is 0 Å². The van der Waals surface area contributed by atoms with E-state index in [2.05, 4.69) is 4.37 Å². The summed E-state index contributed by atoms with van der Waals surface area (Å²) in [7, 11) is 1.62. The van der Waals surface area contributed by atoms with Crippen molar-refractivity contribution in [3.63, 3.8) is 0 Å². The van der Waals surface area contributed by atoms with Crippen LogP contribution in [0.1, 0.15) is 20.9 Å². The predicted octanol–water partition coefficient (Wildman–Crippen LogP) is 3.05. The van der Waals surface area contributed by atoms with Crippen LogP contribution < -0.4 is 4.74 Å². The fraction of sp³-hybridized carbons (Fsp3) is 0.167. The highest BCUT2D eigenvalue weighted by Gasteiger charge is 2.16. The maximum atomic E-state index is 10.9. The van der Waals surface area contributed by atoms with Gasteiger partial charge in [-0.25, -0.2) is 4.79 Å². The number of rotatable bonds is 4. The lowest BCUT2D eigenvalue weighted by molar-refractivity contribution is 0.0701. The van der Waals surface area contributed by atoms with Crippen molar-refractivity contribution in [1.82, 2.24) is 4.37 Å². The van der Waals surface area contributed by atoms with Gasteiger partial charge < -0.3 is 9.84 Å². The number of carboxylic acids is 1. The van der Waals surface area contributed by atoms with Gasteiger partial charge >= 0.3 is 5.97 Å². The largest absolute Gasteiger partial charge is 0.497 e. The fourth-order valence-electron chi connectivity index (χ4n) is 1.53. The van der Waals surface area contributed by atoms with Gasteiger partial charge in [0.05, 0.1) is 16.4 Å². The van der Waals surface area contributed by atoms with Crippen LogP contribution in [0.2, 0.25) is 0 Å². The number of benzene rings is 1. The Kier molecular flexibility index (Phi) is 4.18. The Bertz CT molecular complexity index is 582. The van der Waals surface area contributed by atoms with E-state index in [-0.39, 0.29) is 0 Å². The van der Waals surface area contributed by atoms with Gasteiger partial charge in [0, 0.05) is 6.42 Å². The SMILES string of the molecule is COc1cccc(Cc2nsc(C(=O)O)c2I)c1. The quantitative estimate of drug-likeness (QED) is 0.835. The van der Waals surface area contributed by atoms with Crippen LogP contribution in [-0.2, 0) is 6.42 Å². The Morgan fingerprint density at radius 3 is 2.94 bits per heavy atom. The summed E-state index contributed by atoms with van der Waals surface area (Å²) in [5, 5.41) is 8.97. The third-order valence-corrected chi connectivity index (χ3v) is 4.80. The van der Waals surface area contributed by atoms with E-state index in [1.807, 2.05) is 46.9 Å². The van der Waals surface area contributed by atoms with E-state index in [4.69, 9.17) is 9.84 Å². The van der Waals surface area contributed by atoms with E-state index >= 15 is 0 Å². The van der Waals surface area contributed by atoms with E-state index < -0.39 is 5.97 Å². The fourth-order valence-corrected chi connectivity index (χ4v) is 3.17. The first kappa shape index (κ1) is 13.3. The minimum Gasteiger partial charge on any atom is -0.497 e. The van der Waals surface area contributed by atoms with Crippen LogP contribution in [-0.4, -0.2) is 22.6 Å². The van der Waals surface area contributed by atoms with E-state index in [0.29, 0.717) is 14.9 Å². The molecule has 0 amide bonds. The lowest BCUT2D eigenvalue weighted by Gasteiger charge is -2.03. The summed E-state index contributed by atoms with van der Waals surface area (Å²) in [4.78, 5) is 11.2. The summed E-state index contributed by atoms with van der Waals surface area (Å²) in [6.45, 7) is 0. The summed E-state index contributed by atoms with van der Waals surface area (Å²) >= 11 is 3.06. The number of aromatic carboxylic acids is 1. The number of methoxy groups -OCH3 is 1. The minimum atomic E-state index is -0.922. The molecule has 2 rings (SSSR count). The number of carbonyl (C=O) groups is 1. The van der Waals surface area contributed by atoms with Gasteiger partial charge in [0.15, 0.2) is 0 Å². The molecule has 0 atom stereocenters. The van der Waals surface area contributed by atoms with Gasteiger partial charge in [-0.1, -0.05) is 12.1 Å². The Balaban J connectivity index is 2.26. The normalized spacial score (nSPS) is 10.3. The van der Waals surface area contributed by atoms with Crippen LogP contribution >= 0.6 is 34.1 Å². The highest BCUT2D eigenvalue weighted by Crippen LogP contribution is 2.24. The standard InChI is InChI=1S/C12H10INO3S/c1-17-8-4-2-3-7(5-8)6-9-10(13)11(12(15)16)18-14-9/h2-5H,6H2,1H3,(H,15,16). The van der Waals surface area contributed by atoms with Gasteiger partial charge in [-0.2, -0.15) is 4.37 Å². The molecule has 1 N–H and O–H groups in total. The molecule has 0 aliphatic rings. The number of aromatic nitrogens is 1. The summed E-state index contributed by atoms with van der Waals surface area (Å²) < 4.78 is 10.1.